The molecule has 1 aliphatic rings. The third-order valence-corrected chi connectivity index (χ3v) is 4.44. The minimum Gasteiger partial charge on any atom is -0.463 e. The Bertz CT molecular complexity index is 809. The molecule has 25 heavy (non-hydrogen) atoms. The molecular formula is C19H19ClFNO3. The number of rotatable bonds is 4. The van der Waals surface area contributed by atoms with Crippen LogP contribution < -0.4 is 4.74 Å². The van der Waals surface area contributed by atoms with Gasteiger partial charge in [0.05, 0.1) is 6.61 Å². The summed E-state index contributed by atoms with van der Waals surface area (Å²) in [6.45, 7) is 4.00. The summed E-state index contributed by atoms with van der Waals surface area (Å²) in [4.78, 5) is 16.1. The highest BCUT2D eigenvalue weighted by Crippen LogP contribution is 2.37. The average Bonchev–Trinajstić information content (AvgIpc) is 2.60. The monoisotopic (exact) mass is 363 g/mol. The van der Waals surface area contributed by atoms with Crippen LogP contribution in [0.1, 0.15) is 31.4 Å². The Hall–Kier alpha value is -2.14. The summed E-state index contributed by atoms with van der Waals surface area (Å²) < 4.78 is 25.2. The fourth-order valence-electron chi connectivity index (χ4n) is 2.96. The molecule has 6 heteroatoms. The van der Waals surface area contributed by atoms with E-state index in [9.17, 15) is 9.18 Å². The van der Waals surface area contributed by atoms with Crippen molar-refractivity contribution in [3.63, 3.8) is 0 Å². The fourth-order valence-corrected chi connectivity index (χ4v) is 3.15. The lowest BCUT2D eigenvalue weighted by molar-refractivity contribution is -0.152. The van der Waals surface area contributed by atoms with E-state index in [0.29, 0.717) is 24.0 Å². The summed E-state index contributed by atoms with van der Waals surface area (Å²) in [6.07, 6.45) is 1.04. The number of aryl methyl sites for hydroxylation is 1. The van der Waals surface area contributed by atoms with Crippen molar-refractivity contribution in [1.29, 1.82) is 0 Å². The minimum absolute atomic E-state index is 0.192. The molecule has 1 unspecified atom stereocenters. The molecular weight excluding hydrogens is 345 g/mol. The number of halogens is 2. The van der Waals surface area contributed by atoms with Crippen molar-refractivity contribution in [2.45, 2.75) is 39.2 Å². The number of nitrogens with zero attached hydrogens (tertiary/aromatic N) is 1. The van der Waals surface area contributed by atoms with Crippen LogP contribution in [-0.2, 0) is 22.4 Å². The highest BCUT2D eigenvalue weighted by Gasteiger charge is 2.30. The summed E-state index contributed by atoms with van der Waals surface area (Å²) in [5, 5.41) is 0.192. The van der Waals surface area contributed by atoms with Gasteiger partial charge in [-0.2, -0.15) is 0 Å². The standard InChI is InChI=1S/C19H19ClFNO3/c1-3-11-5-6-12(15(21)9-11)14-10-17(20)22-18-13(14)7-8-16(25-18)19(23)24-4-2/h5-6,9-10,16H,3-4,7-8H2,1-2H3. The number of carbonyl (C=O) groups excluding carboxylic acids is 1. The number of ether oxygens (including phenoxy) is 2. The van der Waals surface area contributed by atoms with Crippen LogP contribution in [0.25, 0.3) is 11.1 Å². The number of esters is 1. The molecule has 0 amide bonds. The summed E-state index contributed by atoms with van der Waals surface area (Å²) in [5.41, 5.74) is 2.79. The number of hydrogen-bond donors (Lipinski definition) is 0. The van der Waals surface area contributed by atoms with Gasteiger partial charge in [0.25, 0.3) is 0 Å². The molecule has 0 N–H and O–H groups in total. The van der Waals surface area contributed by atoms with E-state index < -0.39 is 12.1 Å². The van der Waals surface area contributed by atoms with Gasteiger partial charge >= 0.3 is 5.97 Å². The van der Waals surface area contributed by atoms with Gasteiger partial charge in [0.1, 0.15) is 11.0 Å². The molecule has 0 saturated heterocycles. The van der Waals surface area contributed by atoms with E-state index >= 15 is 0 Å². The lowest BCUT2D eigenvalue weighted by atomic mass is 9.94. The fraction of sp³-hybridized carbons (Fsp3) is 0.368. The Morgan fingerprint density at radius 1 is 1.36 bits per heavy atom. The van der Waals surface area contributed by atoms with Crippen LogP contribution in [0.15, 0.2) is 24.3 Å². The van der Waals surface area contributed by atoms with Crippen molar-refractivity contribution >= 4 is 17.6 Å². The van der Waals surface area contributed by atoms with E-state index in [2.05, 4.69) is 4.98 Å². The Morgan fingerprint density at radius 2 is 2.16 bits per heavy atom. The van der Waals surface area contributed by atoms with E-state index in [1.807, 2.05) is 13.0 Å². The topological polar surface area (TPSA) is 48.4 Å². The van der Waals surface area contributed by atoms with E-state index in [1.54, 1.807) is 19.1 Å². The molecule has 1 atom stereocenters. The molecule has 2 heterocycles. The van der Waals surface area contributed by atoms with E-state index in [-0.39, 0.29) is 23.5 Å². The maximum absolute atomic E-state index is 14.6. The third-order valence-electron chi connectivity index (χ3n) is 4.25. The lowest BCUT2D eigenvalue weighted by Gasteiger charge is -2.25. The van der Waals surface area contributed by atoms with Crippen molar-refractivity contribution in [2.24, 2.45) is 0 Å². The molecule has 0 radical (unpaired) electrons. The normalized spacial score (nSPS) is 16.1. The van der Waals surface area contributed by atoms with Crippen LogP contribution in [0.5, 0.6) is 5.88 Å². The molecule has 0 aliphatic carbocycles. The Kier molecular flexibility index (Phi) is 5.23. The van der Waals surface area contributed by atoms with E-state index in [1.165, 1.54) is 6.07 Å². The number of aromatic nitrogens is 1. The SMILES string of the molecule is CCOC(=O)C1CCc2c(-c3ccc(CC)cc3F)cc(Cl)nc2O1. The number of carbonyl (C=O) groups is 1. The molecule has 4 nitrogen and oxygen atoms in total. The van der Waals surface area contributed by atoms with Crippen LogP contribution >= 0.6 is 11.6 Å². The Labute approximate surface area is 150 Å². The zero-order valence-corrected chi connectivity index (χ0v) is 14.9. The molecule has 1 aromatic carbocycles. The molecule has 0 bridgehead atoms. The largest absolute Gasteiger partial charge is 0.463 e. The van der Waals surface area contributed by atoms with Gasteiger partial charge in [0, 0.05) is 11.1 Å². The second kappa shape index (κ2) is 7.40. The number of fused-ring (bicyclic) bond motifs is 1. The molecule has 1 aliphatic heterocycles. The lowest BCUT2D eigenvalue weighted by Crippen LogP contribution is -2.33. The number of pyridine rings is 1. The van der Waals surface area contributed by atoms with Crippen molar-refractivity contribution in [1.82, 2.24) is 4.98 Å². The highest BCUT2D eigenvalue weighted by atomic mass is 35.5. The van der Waals surface area contributed by atoms with Gasteiger partial charge in [0.2, 0.25) is 5.88 Å². The quantitative estimate of drug-likeness (QED) is 0.598. The van der Waals surface area contributed by atoms with Gasteiger partial charge in [0.15, 0.2) is 6.10 Å². The van der Waals surface area contributed by atoms with Crippen molar-refractivity contribution in [2.75, 3.05) is 6.61 Å². The maximum atomic E-state index is 14.6. The van der Waals surface area contributed by atoms with E-state index in [4.69, 9.17) is 21.1 Å². The molecule has 132 valence electrons. The summed E-state index contributed by atoms with van der Waals surface area (Å²) in [5.74, 6) is -0.461. The van der Waals surface area contributed by atoms with Crippen LogP contribution in [0.2, 0.25) is 5.15 Å². The van der Waals surface area contributed by atoms with Crippen molar-refractivity contribution in [3.8, 4) is 17.0 Å². The molecule has 1 aromatic heterocycles. The summed E-state index contributed by atoms with van der Waals surface area (Å²) >= 11 is 6.10. The van der Waals surface area contributed by atoms with Crippen LogP contribution in [0.4, 0.5) is 4.39 Å². The second-order valence-corrected chi connectivity index (χ2v) is 6.23. The van der Waals surface area contributed by atoms with Gasteiger partial charge < -0.3 is 9.47 Å². The molecule has 3 rings (SSSR count). The Morgan fingerprint density at radius 3 is 2.84 bits per heavy atom. The number of benzene rings is 1. The molecule has 2 aromatic rings. The minimum atomic E-state index is -0.710. The van der Waals surface area contributed by atoms with Crippen LogP contribution in [0.3, 0.4) is 0 Å². The zero-order chi connectivity index (χ0) is 18.0. The van der Waals surface area contributed by atoms with Crippen molar-refractivity contribution in [3.05, 3.63) is 46.4 Å². The van der Waals surface area contributed by atoms with E-state index in [0.717, 1.165) is 17.5 Å². The van der Waals surface area contributed by atoms with Gasteiger partial charge in [-0.15, -0.1) is 0 Å². The number of hydrogen-bond acceptors (Lipinski definition) is 4. The first-order valence-electron chi connectivity index (χ1n) is 8.35. The predicted molar refractivity (Wildman–Crippen MR) is 93.4 cm³/mol. The summed E-state index contributed by atoms with van der Waals surface area (Å²) in [6, 6.07) is 6.81. The second-order valence-electron chi connectivity index (χ2n) is 5.84. The summed E-state index contributed by atoms with van der Waals surface area (Å²) in [7, 11) is 0. The zero-order valence-electron chi connectivity index (χ0n) is 14.1. The van der Waals surface area contributed by atoms with Crippen LogP contribution in [-0.4, -0.2) is 23.7 Å². The smallest absolute Gasteiger partial charge is 0.347 e. The first-order valence-corrected chi connectivity index (χ1v) is 8.72. The van der Waals surface area contributed by atoms with Crippen LogP contribution in [0, 0.1) is 5.82 Å². The third kappa shape index (κ3) is 3.61. The molecule has 0 saturated carbocycles. The predicted octanol–water partition coefficient (Wildman–Crippen LogP) is 4.36. The molecule has 0 fully saturated rings. The maximum Gasteiger partial charge on any atom is 0.347 e. The van der Waals surface area contributed by atoms with Gasteiger partial charge in [-0.25, -0.2) is 14.2 Å². The van der Waals surface area contributed by atoms with Crippen molar-refractivity contribution < 1.29 is 18.7 Å². The molecule has 0 spiro atoms. The average molecular weight is 364 g/mol. The van der Waals surface area contributed by atoms with Gasteiger partial charge in [-0.3, -0.25) is 0 Å². The van der Waals surface area contributed by atoms with Gasteiger partial charge in [-0.05, 0) is 49.4 Å². The first kappa shape index (κ1) is 17.7. The highest BCUT2D eigenvalue weighted by molar-refractivity contribution is 6.29. The first-order chi connectivity index (χ1) is 12.0. The van der Waals surface area contributed by atoms with Gasteiger partial charge in [-0.1, -0.05) is 30.7 Å². The Balaban J connectivity index is 2.00.